The number of carbonyl (C=O) groups excluding carboxylic acids is 3. The molecule has 1 aromatic carbocycles. The Morgan fingerprint density at radius 3 is 2.48 bits per heavy atom. The third-order valence-electron chi connectivity index (χ3n) is 4.74. The van der Waals surface area contributed by atoms with Gasteiger partial charge in [-0.25, -0.2) is 0 Å². The molecule has 0 unspecified atom stereocenters. The molecule has 3 rings (SSSR count). The molecule has 146 valence electrons. The van der Waals surface area contributed by atoms with E-state index in [0.29, 0.717) is 0 Å². The number of amides is 3. The Morgan fingerprint density at radius 1 is 1.30 bits per heavy atom. The van der Waals surface area contributed by atoms with Gasteiger partial charge in [0.05, 0.1) is 11.7 Å². The molecule has 3 N–H and O–H groups in total. The van der Waals surface area contributed by atoms with Gasteiger partial charge in [0.15, 0.2) is 0 Å². The van der Waals surface area contributed by atoms with E-state index in [-0.39, 0.29) is 18.5 Å². The summed E-state index contributed by atoms with van der Waals surface area (Å²) in [6, 6.07) is 1.48. The highest BCUT2D eigenvalue weighted by molar-refractivity contribution is 5.98. The van der Waals surface area contributed by atoms with Gasteiger partial charge in [0.2, 0.25) is 11.8 Å². The van der Waals surface area contributed by atoms with Gasteiger partial charge in [-0.3, -0.25) is 14.4 Å². The van der Waals surface area contributed by atoms with Crippen LogP contribution in [0.3, 0.4) is 0 Å². The number of hydrogen-bond donors (Lipinski definition) is 3. The van der Waals surface area contributed by atoms with Crippen molar-refractivity contribution in [1.29, 1.82) is 0 Å². The quantitative estimate of drug-likeness (QED) is 0.696. The van der Waals surface area contributed by atoms with E-state index in [4.69, 9.17) is 0 Å². The minimum Gasteiger partial charge on any atom is -0.391 e. The first-order valence-electron chi connectivity index (χ1n) is 8.35. The molecule has 2 aliphatic heterocycles. The third kappa shape index (κ3) is 3.75. The van der Waals surface area contributed by atoms with Crippen molar-refractivity contribution in [2.24, 2.45) is 0 Å². The molecule has 0 radical (unpaired) electrons. The molecule has 7 nitrogen and oxygen atoms in total. The highest BCUT2D eigenvalue weighted by atomic mass is 19.4. The van der Waals surface area contributed by atoms with E-state index in [1.165, 1.54) is 11.8 Å². The topological polar surface area (TPSA) is 98.7 Å². The second-order valence-corrected chi connectivity index (χ2v) is 6.71. The van der Waals surface area contributed by atoms with E-state index < -0.39 is 53.7 Å². The van der Waals surface area contributed by atoms with E-state index in [2.05, 4.69) is 10.6 Å². The fourth-order valence-electron chi connectivity index (χ4n) is 3.33. The summed E-state index contributed by atoms with van der Waals surface area (Å²) in [4.78, 5) is 38.1. The van der Waals surface area contributed by atoms with E-state index in [1.807, 2.05) is 0 Å². The maximum Gasteiger partial charge on any atom is 0.416 e. The second-order valence-electron chi connectivity index (χ2n) is 6.71. The highest BCUT2D eigenvalue weighted by Gasteiger charge is 2.47. The maximum atomic E-state index is 12.6. The molecule has 4 atom stereocenters. The fraction of sp³-hybridized carbons (Fsp3) is 0.471. The Labute approximate surface area is 152 Å². The van der Waals surface area contributed by atoms with Crippen molar-refractivity contribution in [2.75, 3.05) is 6.54 Å². The lowest BCUT2D eigenvalue weighted by molar-refractivity contribution is -0.149. The first-order valence-corrected chi connectivity index (χ1v) is 8.35. The number of nitrogens with zero attached hydrogens (tertiary/aromatic N) is 1. The molecule has 0 spiro atoms. The number of fused-ring (bicyclic) bond motifs is 1. The van der Waals surface area contributed by atoms with Gasteiger partial charge in [0.1, 0.15) is 12.1 Å². The summed E-state index contributed by atoms with van der Waals surface area (Å²) in [6.07, 6.45) is -5.35. The van der Waals surface area contributed by atoms with Gasteiger partial charge >= 0.3 is 6.18 Å². The van der Waals surface area contributed by atoms with Gasteiger partial charge in [-0.05, 0) is 37.6 Å². The lowest BCUT2D eigenvalue weighted by Crippen LogP contribution is -2.64. The Bertz CT molecular complexity index is 764. The van der Waals surface area contributed by atoms with Gasteiger partial charge < -0.3 is 20.6 Å². The van der Waals surface area contributed by atoms with Gasteiger partial charge in [0.25, 0.3) is 5.91 Å². The molecular weight excluding hydrogens is 367 g/mol. The van der Waals surface area contributed by atoms with Gasteiger partial charge in [-0.1, -0.05) is 0 Å². The average Bonchev–Trinajstić information content (AvgIpc) is 3.02. The summed E-state index contributed by atoms with van der Waals surface area (Å²) in [7, 11) is 0. The number of hydrogen-bond acceptors (Lipinski definition) is 4. The van der Waals surface area contributed by atoms with E-state index in [0.717, 1.165) is 24.3 Å². The maximum absolute atomic E-state index is 12.6. The molecule has 10 heteroatoms. The standard InChI is InChI=1S/C17H18F3N3O4/c1-8(24)13-16(27)23-7-11(6-12(23)15(26)22-13)21-14(25)9-2-4-10(5-3-9)17(18,19)20/h2-5,8,11-13,24H,6-7H2,1H3,(H,21,25)(H,22,26)/t8-,11-,12-,13+/m0/s1. The molecule has 2 heterocycles. The normalized spacial score (nSPS) is 26.4. The van der Waals surface area contributed by atoms with Gasteiger partial charge in [-0.15, -0.1) is 0 Å². The predicted octanol–water partition coefficient (Wildman–Crippen LogP) is 0.284. The molecule has 0 saturated carbocycles. The number of rotatable bonds is 3. The highest BCUT2D eigenvalue weighted by Crippen LogP contribution is 2.29. The monoisotopic (exact) mass is 385 g/mol. The SMILES string of the molecule is C[C@H](O)[C@H]1NC(=O)[C@@H]2C[C@H](NC(=O)c3ccc(C(F)(F)F)cc3)CN2C1=O. The summed E-state index contributed by atoms with van der Waals surface area (Å²) >= 11 is 0. The van der Waals surface area contributed by atoms with Gasteiger partial charge in [-0.2, -0.15) is 13.2 Å². The van der Waals surface area contributed by atoms with E-state index in [1.54, 1.807) is 0 Å². The van der Waals surface area contributed by atoms with Crippen molar-refractivity contribution in [3.63, 3.8) is 0 Å². The minimum absolute atomic E-state index is 0.0468. The smallest absolute Gasteiger partial charge is 0.391 e. The molecular formula is C17H18F3N3O4. The number of benzene rings is 1. The number of alkyl halides is 3. The number of piperazine rings is 1. The molecule has 0 aliphatic carbocycles. The molecule has 0 bridgehead atoms. The fourth-order valence-corrected chi connectivity index (χ4v) is 3.33. The average molecular weight is 385 g/mol. The van der Waals surface area contributed by atoms with Crippen molar-refractivity contribution < 1.29 is 32.7 Å². The van der Waals surface area contributed by atoms with Crippen LogP contribution in [0.1, 0.15) is 29.3 Å². The molecule has 1 aromatic rings. The van der Waals surface area contributed by atoms with Crippen molar-refractivity contribution in [3.05, 3.63) is 35.4 Å². The van der Waals surface area contributed by atoms with Crippen LogP contribution in [-0.4, -0.2) is 58.5 Å². The lowest BCUT2D eigenvalue weighted by Gasteiger charge is -2.35. The molecule has 27 heavy (non-hydrogen) atoms. The predicted molar refractivity (Wildman–Crippen MR) is 86.4 cm³/mol. The van der Waals surface area contributed by atoms with Crippen molar-refractivity contribution >= 4 is 17.7 Å². The van der Waals surface area contributed by atoms with Crippen LogP contribution < -0.4 is 10.6 Å². The van der Waals surface area contributed by atoms with Crippen LogP contribution in [0.25, 0.3) is 0 Å². The van der Waals surface area contributed by atoms with Crippen LogP contribution in [0.2, 0.25) is 0 Å². The number of aliphatic hydroxyl groups excluding tert-OH is 1. The van der Waals surface area contributed by atoms with E-state index in [9.17, 15) is 32.7 Å². The summed E-state index contributed by atoms with van der Waals surface area (Å²) in [5.74, 6) is -1.43. The Hall–Kier alpha value is -2.62. The van der Waals surface area contributed by atoms with Crippen LogP contribution in [0.15, 0.2) is 24.3 Å². The van der Waals surface area contributed by atoms with Crippen molar-refractivity contribution in [2.45, 2.75) is 43.8 Å². The third-order valence-corrected chi connectivity index (χ3v) is 4.74. The summed E-state index contributed by atoms with van der Waals surface area (Å²) in [6.45, 7) is 1.48. The largest absolute Gasteiger partial charge is 0.416 e. The van der Waals surface area contributed by atoms with Crippen LogP contribution in [0, 0.1) is 0 Å². The van der Waals surface area contributed by atoms with Crippen molar-refractivity contribution in [3.8, 4) is 0 Å². The molecule has 0 aromatic heterocycles. The summed E-state index contributed by atoms with van der Waals surface area (Å²) in [5.41, 5.74) is -0.811. The Kier molecular flexibility index (Phi) is 4.85. The number of nitrogens with one attached hydrogen (secondary N) is 2. The zero-order valence-electron chi connectivity index (χ0n) is 14.3. The van der Waals surface area contributed by atoms with Crippen LogP contribution in [-0.2, 0) is 15.8 Å². The second kappa shape index (κ2) is 6.84. The minimum atomic E-state index is -4.49. The zero-order valence-corrected chi connectivity index (χ0v) is 14.3. The molecule has 2 saturated heterocycles. The Morgan fingerprint density at radius 2 is 1.93 bits per heavy atom. The Balaban J connectivity index is 1.66. The van der Waals surface area contributed by atoms with Crippen LogP contribution in [0.4, 0.5) is 13.2 Å². The summed E-state index contributed by atoms with van der Waals surface area (Å²) in [5, 5.41) is 14.7. The lowest BCUT2D eigenvalue weighted by atomic mass is 10.0. The van der Waals surface area contributed by atoms with Crippen LogP contribution >= 0.6 is 0 Å². The van der Waals surface area contributed by atoms with Crippen LogP contribution in [0.5, 0.6) is 0 Å². The van der Waals surface area contributed by atoms with Crippen molar-refractivity contribution in [1.82, 2.24) is 15.5 Å². The molecule has 2 fully saturated rings. The van der Waals surface area contributed by atoms with E-state index >= 15 is 0 Å². The number of aliphatic hydroxyl groups is 1. The summed E-state index contributed by atoms with van der Waals surface area (Å²) < 4.78 is 37.8. The molecule has 2 aliphatic rings. The molecule has 3 amide bonds. The zero-order chi connectivity index (χ0) is 19.9. The first-order chi connectivity index (χ1) is 12.6. The number of carbonyl (C=O) groups is 3. The first kappa shape index (κ1) is 19.2. The number of halogens is 3. The van der Waals surface area contributed by atoms with Gasteiger partial charge in [0, 0.05) is 18.2 Å².